The Morgan fingerprint density at radius 1 is 1.05 bits per heavy atom. The van der Waals surface area contributed by atoms with Gasteiger partial charge >= 0.3 is 0 Å². The van der Waals surface area contributed by atoms with Gasteiger partial charge in [-0.05, 0) is 43.3 Å². The van der Waals surface area contributed by atoms with Gasteiger partial charge in [0.05, 0.1) is 6.04 Å². The highest BCUT2D eigenvalue weighted by atomic mass is 79.9. The zero-order valence-corrected chi connectivity index (χ0v) is 12.3. The van der Waals surface area contributed by atoms with Crippen LogP contribution in [0.2, 0.25) is 0 Å². The van der Waals surface area contributed by atoms with E-state index in [0.717, 1.165) is 10.0 Å². The third-order valence-electron chi connectivity index (χ3n) is 3.10. The van der Waals surface area contributed by atoms with Crippen LogP contribution in [0.1, 0.15) is 22.7 Å². The standard InChI is InChI=1S/C15H14BrF2N/c1-9-3-8-12(17)13(14(9)18)15(19-2)10-4-6-11(16)7-5-10/h3-8,15,19H,1-2H3. The first-order valence-corrected chi connectivity index (χ1v) is 6.71. The highest BCUT2D eigenvalue weighted by Gasteiger charge is 2.21. The van der Waals surface area contributed by atoms with Crippen LogP contribution in [0.4, 0.5) is 8.78 Å². The maximum absolute atomic E-state index is 14.2. The molecule has 2 aromatic rings. The zero-order valence-electron chi connectivity index (χ0n) is 10.7. The Kier molecular flexibility index (Phi) is 4.32. The number of nitrogens with one attached hydrogen (secondary N) is 1. The number of benzene rings is 2. The molecule has 2 rings (SSSR count). The highest BCUT2D eigenvalue weighted by Crippen LogP contribution is 2.29. The summed E-state index contributed by atoms with van der Waals surface area (Å²) in [6.45, 7) is 1.63. The molecule has 1 unspecified atom stereocenters. The van der Waals surface area contributed by atoms with Crippen molar-refractivity contribution in [1.82, 2.24) is 5.32 Å². The number of hydrogen-bond acceptors (Lipinski definition) is 1. The van der Waals surface area contributed by atoms with E-state index in [4.69, 9.17) is 0 Å². The third kappa shape index (κ3) is 2.85. The summed E-state index contributed by atoms with van der Waals surface area (Å²) < 4.78 is 29.0. The van der Waals surface area contributed by atoms with Gasteiger partial charge in [-0.2, -0.15) is 0 Å². The molecule has 1 N–H and O–H groups in total. The van der Waals surface area contributed by atoms with E-state index in [-0.39, 0.29) is 5.56 Å². The number of rotatable bonds is 3. The van der Waals surface area contributed by atoms with Crippen LogP contribution in [0.25, 0.3) is 0 Å². The van der Waals surface area contributed by atoms with Gasteiger partial charge < -0.3 is 5.32 Å². The van der Waals surface area contributed by atoms with E-state index in [1.165, 1.54) is 12.1 Å². The lowest BCUT2D eigenvalue weighted by atomic mass is 9.96. The molecule has 0 aliphatic carbocycles. The Hall–Kier alpha value is -1.26. The van der Waals surface area contributed by atoms with Gasteiger partial charge in [-0.1, -0.05) is 34.1 Å². The predicted molar refractivity (Wildman–Crippen MR) is 76.1 cm³/mol. The second-order valence-electron chi connectivity index (χ2n) is 4.37. The van der Waals surface area contributed by atoms with Gasteiger partial charge in [0.25, 0.3) is 0 Å². The Morgan fingerprint density at radius 3 is 2.26 bits per heavy atom. The molecule has 1 nitrogen and oxygen atoms in total. The van der Waals surface area contributed by atoms with Crippen molar-refractivity contribution in [1.29, 1.82) is 0 Å². The smallest absolute Gasteiger partial charge is 0.134 e. The fraction of sp³-hybridized carbons (Fsp3) is 0.200. The van der Waals surface area contributed by atoms with Crippen molar-refractivity contribution >= 4 is 15.9 Å². The SMILES string of the molecule is CNC(c1ccc(Br)cc1)c1c(F)ccc(C)c1F. The van der Waals surface area contributed by atoms with Gasteiger partial charge in [-0.25, -0.2) is 8.78 Å². The van der Waals surface area contributed by atoms with Gasteiger partial charge in [0.2, 0.25) is 0 Å². The molecule has 2 aromatic carbocycles. The average Bonchev–Trinajstić information content (AvgIpc) is 2.40. The molecule has 0 spiro atoms. The molecule has 100 valence electrons. The zero-order chi connectivity index (χ0) is 14.0. The van der Waals surface area contributed by atoms with E-state index in [0.29, 0.717) is 5.56 Å². The molecule has 0 aromatic heterocycles. The lowest BCUT2D eigenvalue weighted by Gasteiger charge is -2.19. The molecule has 0 aliphatic heterocycles. The van der Waals surface area contributed by atoms with E-state index in [1.54, 1.807) is 14.0 Å². The summed E-state index contributed by atoms with van der Waals surface area (Å²) in [6, 6.07) is 9.63. The number of halogens is 3. The third-order valence-corrected chi connectivity index (χ3v) is 3.63. The van der Waals surface area contributed by atoms with Crippen molar-refractivity contribution in [3.05, 3.63) is 69.2 Å². The molecule has 0 amide bonds. The van der Waals surface area contributed by atoms with Crippen LogP contribution in [0.5, 0.6) is 0 Å². The van der Waals surface area contributed by atoms with Gasteiger partial charge in [-0.3, -0.25) is 0 Å². The molecule has 0 saturated carbocycles. The Bertz CT molecular complexity index is 581. The topological polar surface area (TPSA) is 12.0 Å². The van der Waals surface area contributed by atoms with Crippen LogP contribution in [-0.2, 0) is 0 Å². The minimum absolute atomic E-state index is 0.0600. The molecule has 0 bridgehead atoms. The largest absolute Gasteiger partial charge is 0.309 e. The normalized spacial score (nSPS) is 12.5. The van der Waals surface area contributed by atoms with Gasteiger partial charge in [-0.15, -0.1) is 0 Å². The summed E-state index contributed by atoms with van der Waals surface area (Å²) in [6.07, 6.45) is 0. The van der Waals surface area contributed by atoms with Crippen LogP contribution in [0, 0.1) is 18.6 Å². The van der Waals surface area contributed by atoms with Crippen LogP contribution in [0.3, 0.4) is 0 Å². The monoisotopic (exact) mass is 325 g/mol. The quantitative estimate of drug-likeness (QED) is 0.884. The molecule has 1 atom stereocenters. The van der Waals surface area contributed by atoms with Crippen molar-refractivity contribution in [2.75, 3.05) is 7.05 Å². The molecule has 4 heteroatoms. The molecule has 0 radical (unpaired) electrons. The second kappa shape index (κ2) is 5.80. The predicted octanol–water partition coefficient (Wildman–Crippen LogP) is 4.34. The maximum Gasteiger partial charge on any atom is 0.134 e. The second-order valence-corrected chi connectivity index (χ2v) is 5.28. The lowest BCUT2D eigenvalue weighted by Crippen LogP contribution is -2.20. The van der Waals surface area contributed by atoms with Crippen LogP contribution in [0.15, 0.2) is 40.9 Å². The molecular weight excluding hydrogens is 312 g/mol. The molecule has 0 aliphatic rings. The number of hydrogen-bond donors (Lipinski definition) is 1. The summed E-state index contributed by atoms with van der Waals surface area (Å²) in [4.78, 5) is 0. The lowest BCUT2D eigenvalue weighted by molar-refractivity contribution is 0.517. The summed E-state index contributed by atoms with van der Waals surface area (Å²) in [5.74, 6) is -1.03. The summed E-state index contributed by atoms with van der Waals surface area (Å²) >= 11 is 3.34. The van der Waals surface area contributed by atoms with Crippen LogP contribution in [-0.4, -0.2) is 7.05 Å². The first kappa shape index (κ1) is 14.2. The Balaban J connectivity index is 2.54. The molecule has 0 heterocycles. The first-order valence-electron chi connectivity index (χ1n) is 5.92. The highest BCUT2D eigenvalue weighted by molar-refractivity contribution is 9.10. The molecular formula is C15H14BrF2N. The van der Waals surface area contributed by atoms with Crippen molar-refractivity contribution in [2.24, 2.45) is 0 Å². The van der Waals surface area contributed by atoms with E-state index in [1.807, 2.05) is 24.3 Å². The van der Waals surface area contributed by atoms with E-state index in [9.17, 15) is 8.78 Å². The van der Waals surface area contributed by atoms with E-state index in [2.05, 4.69) is 21.2 Å². The summed E-state index contributed by atoms with van der Waals surface area (Å²) in [5.41, 5.74) is 1.31. The fourth-order valence-electron chi connectivity index (χ4n) is 2.08. The number of aryl methyl sites for hydroxylation is 1. The van der Waals surface area contributed by atoms with Gasteiger partial charge in [0.1, 0.15) is 11.6 Å². The minimum Gasteiger partial charge on any atom is -0.309 e. The van der Waals surface area contributed by atoms with Gasteiger partial charge in [0, 0.05) is 10.0 Å². The van der Waals surface area contributed by atoms with E-state index < -0.39 is 17.7 Å². The van der Waals surface area contributed by atoms with Crippen LogP contribution >= 0.6 is 15.9 Å². The summed E-state index contributed by atoms with van der Waals surface area (Å²) in [5, 5.41) is 2.97. The Morgan fingerprint density at radius 2 is 1.68 bits per heavy atom. The van der Waals surface area contributed by atoms with E-state index >= 15 is 0 Å². The average molecular weight is 326 g/mol. The van der Waals surface area contributed by atoms with Crippen molar-refractivity contribution < 1.29 is 8.78 Å². The fourth-order valence-corrected chi connectivity index (χ4v) is 2.34. The maximum atomic E-state index is 14.2. The first-order chi connectivity index (χ1) is 9.04. The molecule has 0 fully saturated rings. The van der Waals surface area contributed by atoms with Crippen molar-refractivity contribution in [3.63, 3.8) is 0 Å². The summed E-state index contributed by atoms with van der Waals surface area (Å²) in [7, 11) is 1.69. The van der Waals surface area contributed by atoms with Crippen molar-refractivity contribution in [2.45, 2.75) is 13.0 Å². The molecule has 19 heavy (non-hydrogen) atoms. The molecule has 0 saturated heterocycles. The van der Waals surface area contributed by atoms with Crippen molar-refractivity contribution in [3.8, 4) is 0 Å². The van der Waals surface area contributed by atoms with Gasteiger partial charge in [0.15, 0.2) is 0 Å². The Labute approximate surface area is 119 Å². The minimum atomic E-state index is -0.537. The van der Waals surface area contributed by atoms with Crippen LogP contribution < -0.4 is 5.32 Å².